The summed E-state index contributed by atoms with van der Waals surface area (Å²) in [6, 6.07) is 9.57. The number of phenols is 1. The fraction of sp³-hybridized carbons (Fsp3) is 0.158. The first-order chi connectivity index (χ1) is 12.3. The van der Waals surface area contributed by atoms with E-state index in [1.54, 1.807) is 30.3 Å². The van der Waals surface area contributed by atoms with Gasteiger partial charge in [-0.05, 0) is 54.0 Å². The molecule has 3 aromatic rings. The van der Waals surface area contributed by atoms with E-state index in [4.69, 9.17) is 0 Å². The molecular weight excluding hydrogens is 345 g/mol. The Hall–Kier alpha value is -3.09. The molecule has 0 aliphatic carbocycles. The van der Waals surface area contributed by atoms with Crippen LogP contribution in [0.3, 0.4) is 0 Å². The highest BCUT2D eigenvalue weighted by atomic mass is 19.4. The van der Waals surface area contributed by atoms with Crippen molar-refractivity contribution < 1.29 is 18.3 Å². The number of hydrogen-bond acceptors (Lipinski definition) is 3. The van der Waals surface area contributed by atoms with Crippen molar-refractivity contribution in [3.05, 3.63) is 69.8 Å². The second-order valence-electron chi connectivity index (χ2n) is 6.14. The lowest BCUT2D eigenvalue weighted by Crippen LogP contribution is -2.21. The standard InChI is InChI=1S/C19H13F3N2O2/c20-19(21,22)13-4-5-15-16(10-13)23-17-12(6-7-24(17)18(15)26)8-11-2-1-3-14(25)9-11/h1-5,8-10,25H,6-7H2/b12-8-. The van der Waals surface area contributed by atoms with Gasteiger partial charge in [-0.1, -0.05) is 12.1 Å². The monoisotopic (exact) mass is 358 g/mol. The number of aromatic nitrogens is 2. The number of allylic oxidation sites excluding steroid dienone is 1. The van der Waals surface area contributed by atoms with Gasteiger partial charge >= 0.3 is 6.18 Å². The molecule has 0 atom stereocenters. The number of alkyl halides is 3. The predicted octanol–water partition coefficient (Wildman–Crippen LogP) is 4.07. The van der Waals surface area contributed by atoms with E-state index in [2.05, 4.69) is 4.98 Å². The molecule has 0 unspecified atom stereocenters. The zero-order valence-corrected chi connectivity index (χ0v) is 13.4. The highest BCUT2D eigenvalue weighted by molar-refractivity contribution is 5.85. The third kappa shape index (κ3) is 2.75. The highest BCUT2D eigenvalue weighted by Crippen LogP contribution is 2.32. The van der Waals surface area contributed by atoms with Crippen molar-refractivity contribution in [3.63, 3.8) is 0 Å². The maximum absolute atomic E-state index is 12.9. The van der Waals surface area contributed by atoms with E-state index in [0.29, 0.717) is 18.8 Å². The van der Waals surface area contributed by atoms with Gasteiger partial charge in [-0.2, -0.15) is 13.2 Å². The van der Waals surface area contributed by atoms with Crippen LogP contribution in [0.2, 0.25) is 0 Å². The van der Waals surface area contributed by atoms with Crippen LogP contribution in [-0.2, 0) is 12.7 Å². The number of fused-ring (bicyclic) bond motifs is 2. The maximum atomic E-state index is 12.9. The number of nitrogens with zero attached hydrogens (tertiary/aromatic N) is 2. The average Bonchev–Trinajstić information content (AvgIpc) is 2.97. The number of halogens is 3. The Labute approximate surface area is 145 Å². The molecule has 4 nitrogen and oxygen atoms in total. The molecule has 0 spiro atoms. The van der Waals surface area contributed by atoms with Crippen LogP contribution in [0.4, 0.5) is 13.2 Å². The summed E-state index contributed by atoms with van der Waals surface area (Å²) in [7, 11) is 0. The normalized spacial score (nSPS) is 15.6. The van der Waals surface area contributed by atoms with Gasteiger partial charge in [0.25, 0.3) is 5.56 Å². The topological polar surface area (TPSA) is 55.1 Å². The summed E-state index contributed by atoms with van der Waals surface area (Å²) in [5.41, 5.74) is 0.315. The minimum Gasteiger partial charge on any atom is -0.508 e. The third-order valence-electron chi connectivity index (χ3n) is 4.39. The van der Waals surface area contributed by atoms with Gasteiger partial charge in [-0.25, -0.2) is 4.98 Å². The average molecular weight is 358 g/mol. The van der Waals surface area contributed by atoms with E-state index in [1.165, 1.54) is 10.6 Å². The lowest BCUT2D eigenvalue weighted by molar-refractivity contribution is -0.137. The molecule has 1 aliphatic rings. The van der Waals surface area contributed by atoms with Gasteiger partial charge in [0.1, 0.15) is 11.6 Å². The van der Waals surface area contributed by atoms with Crippen molar-refractivity contribution in [2.24, 2.45) is 0 Å². The van der Waals surface area contributed by atoms with Crippen molar-refractivity contribution >= 4 is 22.6 Å². The summed E-state index contributed by atoms with van der Waals surface area (Å²) in [5.74, 6) is 0.473. The highest BCUT2D eigenvalue weighted by Gasteiger charge is 2.31. The molecule has 4 rings (SSSR count). The zero-order valence-electron chi connectivity index (χ0n) is 13.4. The van der Waals surface area contributed by atoms with Crippen molar-refractivity contribution in [1.82, 2.24) is 9.55 Å². The van der Waals surface area contributed by atoms with Crippen LogP contribution in [0.25, 0.3) is 22.6 Å². The van der Waals surface area contributed by atoms with E-state index in [1.807, 2.05) is 0 Å². The minimum atomic E-state index is -4.49. The lowest BCUT2D eigenvalue weighted by atomic mass is 10.1. The van der Waals surface area contributed by atoms with Crippen molar-refractivity contribution in [1.29, 1.82) is 0 Å². The van der Waals surface area contributed by atoms with E-state index in [9.17, 15) is 23.1 Å². The molecule has 0 fully saturated rings. The Balaban J connectivity index is 1.89. The summed E-state index contributed by atoms with van der Waals surface area (Å²) in [5, 5.41) is 9.73. The Morgan fingerprint density at radius 3 is 2.69 bits per heavy atom. The Kier molecular flexibility index (Phi) is 3.61. The lowest BCUT2D eigenvalue weighted by Gasteiger charge is -2.09. The molecule has 0 amide bonds. The Bertz CT molecular complexity index is 1110. The third-order valence-corrected chi connectivity index (χ3v) is 4.39. The van der Waals surface area contributed by atoms with Gasteiger partial charge < -0.3 is 5.11 Å². The van der Waals surface area contributed by atoms with Crippen molar-refractivity contribution in [2.75, 3.05) is 0 Å². The minimum absolute atomic E-state index is 0.0276. The van der Waals surface area contributed by atoms with Crippen LogP contribution in [0.1, 0.15) is 23.4 Å². The summed E-state index contributed by atoms with van der Waals surface area (Å²) < 4.78 is 40.3. The van der Waals surface area contributed by atoms with Crippen LogP contribution in [-0.4, -0.2) is 14.7 Å². The predicted molar refractivity (Wildman–Crippen MR) is 91.6 cm³/mol. The molecule has 1 aromatic heterocycles. The number of benzene rings is 2. The molecule has 1 N–H and O–H groups in total. The molecule has 7 heteroatoms. The number of hydrogen-bond donors (Lipinski definition) is 1. The van der Waals surface area contributed by atoms with E-state index in [0.717, 1.165) is 23.3 Å². The van der Waals surface area contributed by atoms with Crippen LogP contribution in [0, 0.1) is 0 Å². The number of phenolic OH excluding ortho intramolecular Hbond substituents is 1. The first-order valence-corrected chi connectivity index (χ1v) is 7.95. The Morgan fingerprint density at radius 2 is 1.96 bits per heavy atom. The molecule has 1 aliphatic heterocycles. The van der Waals surface area contributed by atoms with Gasteiger partial charge in [-0.3, -0.25) is 9.36 Å². The van der Waals surface area contributed by atoms with Gasteiger partial charge in [0, 0.05) is 6.54 Å². The molecule has 2 aromatic carbocycles. The molecule has 0 bridgehead atoms. The van der Waals surface area contributed by atoms with Crippen LogP contribution < -0.4 is 5.56 Å². The molecule has 26 heavy (non-hydrogen) atoms. The van der Waals surface area contributed by atoms with E-state index >= 15 is 0 Å². The van der Waals surface area contributed by atoms with Gasteiger partial charge in [0.15, 0.2) is 0 Å². The molecule has 0 saturated heterocycles. The van der Waals surface area contributed by atoms with Crippen LogP contribution in [0.5, 0.6) is 5.75 Å². The second kappa shape index (κ2) is 5.72. The fourth-order valence-corrected chi connectivity index (χ4v) is 3.15. The van der Waals surface area contributed by atoms with Gasteiger partial charge in [0.2, 0.25) is 0 Å². The van der Waals surface area contributed by atoms with E-state index in [-0.39, 0.29) is 22.2 Å². The van der Waals surface area contributed by atoms with Crippen molar-refractivity contribution in [2.45, 2.75) is 19.1 Å². The van der Waals surface area contributed by atoms with E-state index < -0.39 is 11.7 Å². The summed E-state index contributed by atoms with van der Waals surface area (Å²) in [6.07, 6.45) is -2.17. The number of rotatable bonds is 1. The molecule has 132 valence electrons. The maximum Gasteiger partial charge on any atom is 0.416 e. The second-order valence-corrected chi connectivity index (χ2v) is 6.14. The first kappa shape index (κ1) is 16.4. The SMILES string of the molecule is O=c1c2ccc(C(F)(F)F)cc2nc2n1CC/C2=C/c1cccc(O)c1. The molecule has 0 saturated carbocycles. The molecular formula is C19H13F3N2O2. The zero-order chi connectivity index (χ0) is 18.5. The first-order valence-electron chi connectivity index (χ1n) is 7.95. The quantitative estimate of drug-likeness (QED) is 0.714. The van der Waals surface area contributed by atoms with Crippen LogP contribution >= 0.6 is 0 Å². The van der Waals surface area contributed by atoms with Crippen molar-refractivity contribution in [3.8, 4) is 5.75 Å². The van der Waals surface area contributed by atoms with Crippen LogP contribution in [0.15, 0.2) is 47.3 Å². The smallest absolute Gasteiger partial charge is 0.416 e. The molecule has 0 radical (unpaired) electrons. The Morgan fingerprint density at radius 1 is 1.15 bits per heavy atom. The van der Waals surface area contributed by atoms with Gasteiger partial charge in [0.05, 0.1) is 16.5 Å². The summed E-state index contributed by atoms with van der Waals surface area (Å²) in [4.78, 5) is 16.9. The number of aromatic hydroxyl groups is 1. The summed E-state index contributed by atoms with van der Waals surface area (Å²) >= 11 is 0. The van der Waals surface area contributed by atoms with Gasteiger partial charge in [-0.15, -0.1) is 0 Å². The fourth-order valence-electron chi connectivity index (χ4n) is 3.15. The summed E-state index contributed by atoms with van der Waals surface area (Å²) in [6.45, 7) is 0.419. The molecule has 2 heterocycles. The largest absolute Gasteiger partial charge is 0.508 e.